The fraction of sp³-hybridized carbons (Fsp3) is 0.154. The Morgan fingerprint density at radius 1 is 1.39 bits per heavy atom. The maximum Gasteiger partial charge on any atom is 0.335 e. The molecule has 0 saturated carbocycles. The molecule has 0 spiro atoms. The summed E-state index contributed by atoms with van der Waals surface area (Å²) in [6.07, 6.45) is 12.0. The zero-order valence-corrected chi connectivity index (χ0v) is 9.60. The molecule has 5 heteroatoms. The Morgan fingerprint density at radius 2 is 2.06 bits per heavy atom. The minimum absolute atomic E-state index is 0.0241. The van der Waals surface area contributed by atoms with Crippen molar-refractivity contribution in [2.45, 2.75) is 0 Å². The van der Waals surface area contributed by atoms with Gasteiger partial charge in [-0.05, 0) is 6.07 Å². The first-order chi connectivity index (χ1) is 8.63. The molecule has 0 unspecified atom stereocenters. The maximum atomic E-state index is 10.9. The predicted octanol–water partition coefficient (Wildman–Crippen LogP) is 1.37. The van der Waals surface area contributed by atoms with Gasteiger partial charge in [-0.15, -0.1) is 6.42 Å². The highest BCUT2D eigenvalue weighted by molar-refractivity contribution is 5.89. The Morgan fingerprint density at radius 3 is 2.56 bits per heavy atom. The van der Waals surface area contributed by atoms with Crippen LogP contribution < -0.4 is 14.2 Å². The number of carboxylic acids is 1. The Hall–Kier alpha value is -2.79. The van der Waals surface area contributed by atoms with Crippen molar-refractivity contribution < 1.29 is 24.1 Å². The third-order valence-corrected chi connectivity index (χ3v) is 1.96. The van der Waals surface area contributed by atoms with Crippen LogP contribution in [0.2, 0.25) is 0 Å². The Balaban J connectivity index is 3.32. The summed E-state index contributed by atoms with van der Waals surface area (Å²) < 4.78 is 15.1. The molecule has 0 atom stereocenters. The van der Waals surface area contributed by atoms with Gasteiger partial charge in [0.15, 0.2) is 11.5 Å². The van der Waals surface area contributed by atoms with E-state index < -0.39 is 5.97 Å². The molecular weight excluding hydrogens is 236 g/mol. The van der Waals surface area contributed by atoms with Crippen molar-refractivity contribution in [3.63, 3.8) is 0 Å². The van der Waals surface area contributed by atoms with Crippen LogP contribution in [0.15, 0.2) is 12.1 Å². The number of ether oxygens (including phenoxy) is 3. The molecule has 0 fully saturated rings. The fourth-order valence-corrected chi connectivity index (χ4v) is 1.25. The third-order valence-electron chi connectivity index (χ3n) is 1.96. The van der Waals surface area contributed by atoms with Gasteiger partial charge in [-0.3, -0.25) is 0 Å². The van der Waals surface area contributed by atoms with Gasteiger partial charge in [-0.25, -0.2) is 4.79 Å². The van der Waals surface area contributed by atoms with Crippen LogP contribution in [0, 0.1) is 24.9 Å². The molecule has 1 aromatic carbocycles. The number of rotatable bonds is 5. The second-order valence-electron chi connectivity index (χ2n) is 3.02. The van der Waals surface area contributed by atoms with Crippen LogP contribution in [-0.2, 0) is 0 Å². The van der Waals surface area contributed by atoms with E-state index in [2.05, 4.69) is 5.92 Å². The molecule has 0 aliphatic rings. The van der Waals surface area contributed by atoms with Gasteiger partial charge in [-0.1, -0.05) is 12.3 Å². The second kappa shape index (κ2) is 6.07. The van der Waals surface area contributed by atoms with Crippen molar-refractivity contribution in [3.05, 3.63) is 17.7 Å². The molecule has 18 heavy (non-hydrogen) atoms. The molecule has 92 valence electrons. The number of methoxy groups -OCH3 is 1. The van der Waals surface area contributed by atoms with Gasteiger partial charge in [0.25, 0.3) is 0 Å². The summed E-state index contributed by atoms with van der Waals surface area (Å²) in [6.45, 7) is -0.0241. The van der Waals surface area contributed by atoms with E-state index in [0.29, 0.717) is 0 Å². The minimum Gasteiger partial charge on any atom is -0.493 e. The average molecular weight is 246 g/mol. The predicted molar refractivity (Wildman–Crippen MR) is 63.7 cm³/mol. The molecule has 0 aliphatic heterocycles. The SMILES string of the molecule is C#CCOc1c(OC)cc(C(=O)O)cc1OC#C. The van der Waals surface area contributed by atoms with Crippen LogP contribution in [0.3, 0.4) is 0 Å². The quantitative estimate of drug-likeness (QED) is 0.795. The molecule has 0 heterocycles. The molecule has 0 saturated heterocycles. The molecule has 5 nitrogen and oxygen atoms in total. The molecule has 1 aromatic rings. The van der Waals surface area contributed by atoms with E-state index in [0.717, 1.165) is 0 Å². The summed E-state index contributed by atoms with van der Waals surface area (Å²) in [6, 6.07) is 2.52. The lowest BCUT2D eigenvalue weighted by atomic mass is 10.2. The van der Waals surface area contributed by atoms with Crippen molar-refractivity contribution >= 4 is 5.97 Å². The largest absolute Gasteiger partial charge is 0.493 e. The Bertz CT molecular complexity index is 534. The van der Waals surface area contributed by atoms with Crippen molar-refractivity contribution in [3.8, 4) is 42.1 Å². The molecule has 0 radical (unpaired) electrons. The summed E-state index contributed by atoms with van der Waals surface area (Å²) in [7, 11) is 1.36. The van der Waals surface area contributed by atoms with Gasteiger partial charge < -0.3 is 19.3 Å². The highest BCUT2D eigenvalue weighted by Crippen LogP contribution is 2.38. The van der Waals surface area contributed by atoms with E-state index in [4.69, 9.17) is 32.2 Å². The van der Waals surface area contributed by atoms with Crippen LogP contribution in [-0.4, -0.2) is 24.8 Å². The second-order valence-corrected chi connectivity index (χ2v) is 3.02. The van der Waals surface area contributed by atoms with Crippen LogP contribution in [0.4, 0.5) is 0 Å². The van der Waals surface area contributed by atoms with Gasteiger partial charge in [0.05, 0.1) is 12.7 Å². The number of aromatic carboxylic acids is 1. The van der Waals surface area contributed by atoms with Crippen molar-refractivity contribution in [2.24, 2.45) is 0 Å². The number of carbonyl (C=O) groups is 1. The first kappa shape index (κ1) is 13.3. The first-order valence-electron chi connectivity index (χ1n) is 4.78. The van der Waals surface area contributed by atoms with E-state index in [9.17, 15) is 4.79 Å². The van der Waals surface area contributed by atoms with E-state index in [1.807, 2.05) is 6.11 Å². The van der Waals surface area contributed by atoms with E-state index in [1.165, 1.54) is 19.2 Å². The van der Waals surface area contributed by atoms with Crippen molar-refractivity contribution in [2.75, 3.05) is 13.7 Å². The van der Waals surface area contributed by atoms with E-state index >= 15 is 0 Å². The maximum absolute atomic E-state index is 10.9. The lowest BCUT2D eigenvalue weighted by Crippen LogP contribution is -2.03. The fourth-order valence-electron chi connectivity index (χ4n) is 1.25. The number of benzene rings is 1. The smallest absolute Gasteiger partial charge is 0.335 e. The minimum atomic E-state index is -1.14. The molecule has 0 bridgehead atoms. The molecular formula is C13H10O5. The number of hydrogen-bond acceptors (Lipinski definition) is 4. The third kappa shape index (κ3) is 2.87. The molecule has 0 amide bonds. The zero-order valence-electron chi connectivity index (χ0n) is 9.60. The van der Waals surface area contributed by atoms with Crippen LogP contribution >= 0.6 is 0 Å². The first-order valence-corrected chi connectivity index (χ1v) is 4.78. The van der Waals surface area contributed by atoms with E-state index in [1.54, 1.807) is 0 Å². The molecule has 0 aromatic heterocycles. The number of carboxylic acid groups (broad SMARTS) is 1. The highest BCUT2D eigenvalue weighted by Gasteiger charge is 2.17. The topological polar surface area (TPSA) is 65.0 Å². The van der Waals surface area contributed by atoms with Gasteiger partial charge >= 0.3 is 5.97 Å². The molecule has 0 aliphatic carbocycles. The zero-order chi connectivity index (χ0) is 13.5. The Kier molecular flexibility index (Phi) is 4.48. The summed E-state index contributed by atoms with van der Waals surface area (Å²) in [5, 5.41) is 8.93. The van der Waals surface area contributed by atoms with Gasteiger partial charge in [0.1, 0.15) is 12.7 Å². The van der Waals surface area contributed by atoms with Crippen LogP contribution in [0.1, 0.15) is 10.4 Å². The van der Waals surface area contributed by atoms with Gasteiger partial charge in [-0.2, -0.15) is 0 Å². The monoisotopic (exact) mass is 246 g/mol. The summed E-state index contributed by atoms with van der Waals surface area (Å²) >= 11 is 0. The number of hydrogen-bond donors (Lipinski definition) is 1. The standard InChI is InChI=1S/C13H10O5/c1-4-6-18-12-10(16-3)7-9(13(14)15)8-11(12)17-5-2/h1-2,7-8H,6H2,3H3,(H,14,15). The molecule has 1 N–H and O–H groups in total. The lowest BCUT2D eigenvalue weighted by Gasteiger charge is -2.12. The Labute approximate surface area is 104 Å². The highest BCUT2D eigenvalue weighted by atomic mass is 16.5. The normalized spacial score (nSPS) is 8.83. The van der Waals surface area contributed by atoms with Gasteiger partial charge in [0.2, 0.25) is 5.75 Å². The van der Waals surface area contributed by atoms with Crippen molar-refractivity contribution in [1.82, 2.24) is 0 Å². The summed E-state index contributed by atoms with van der Waals surface area (Å²) in [4.78, 5) is 10.9. The summed E-state index contributed by atoms with van der Waals surface area (Å²) in [5.41, 5.74) is -0.0369. The average Bonchev–Trinajstić information content (AvgIpc) is 2.36. The van der Waals surface area contributed by atoms with Crippen LogP contribution in [0.25, 0.3) is 0 Å². The summed E-state index contributed by atoms with van der Waals surface area (Å²) in [5.74, 6) is 1.53. The van der Waals surface area contributed by atoms with Crippen molar-refractivity contribution in [1.29, 1.82) is 0 Å². The van der Waals surface area contributed by atoms with E-state index in [-0.39, 0.29) is 29.4 Å². The number of terminal acetylenes is 2. The van der Waals surface area contributed by atoms with Gasteiger partial charge in [0, 0.05) is 6.07 Å². The van der Waals surface area contributed by atoms with Crippen LogP contribution in [0.5, 0.6) is 17.2 Å². The molecule has 1 rings (SSSR count). The lowest BCUT2D eigenvalue weighted by molar-refractivity contribution is 0.0696.